The quantitative estimate of drug-likeness (QED) is 0.725. The number of thiazole rings is 1. The first-order chi connectivity index (χ1) is 11.3. The van der Waals surface area contributed by atoms with Gasteiger partial charge >= 0.3 is 0 Å². The van der Waals surface area contributed by atoms with Crippen molar-refractivity contribution in [1.82, 2.24) is 14.9 Å². The third-order valence-corrected chi connectivity index (χ3v) is 4.52. The zero-order valence-electron chi connectivity index (χ0n) is 13.0. The van der Waals surface area contributed by atoms with E-state index in [9.17, 15) is 4.79 Å². The van der Waals surface area contributed by atoms with Crippen LogP contribution in [0.5, 0.6) is 0 Å². The standard InChI is InChI=1S/C17H19N3O2S/c1-22-10-9-20-8-5-13-12-14(2-3-15(13)20)17(21)19-6-4-16-18-7-11-23-16/h2-3,5,7-8,11-12H,4,6,9-10H2,1H3,(H,19,21). The van der Waals surface area contributed by atoms with Gasteiger partial charge in [0, 0.05) is 60.9 Å². The number of amides is 1. The monoisotopic (exact) mass is 329 g/mol. The van der Waals surface area contributed by atoms with Crippen molar-refractivity contribution in [2.45, 2.75) is 13.0 Å². The summed E-state index contributed by atoms with van der Waals surface area (Å²) in [6, 6.07) is 7.81. The number of methoxy groups -OCH3 is 1. The largest absolute Gasteiger partial charge is 0.383 e. The molecule has 1 N–H and O–H groups in total. The van der Waals surface area contributed by atoms with Crippen molar-refractivity contribution in [3.8, 4) is 0 Å². The van der Waals surface area contributed by atoms with E-state index in [2.05, 4.69) is 14.9 Å². The van der Waals surface area contributed by atoms with E-state index in [1.165, 1.54) is 0 Å². The Morgan fingerprint density at radius 1 is 1.39 bits per heavy atom. The summed E-state index contributed by atoms with van der Waals surface area (Å²) < 4.78 is 7.24. The minimum absolute atomic E-state index is 0.0481. The van der Waals surface area contributed by atoms with Crippen LogP contribution < -0.4 is 5.32 Å². The fourth-order valence-corrected chi connectivity index (χ4v) is 3.11. The highest BCUT2D eigenvalue weighted by Crippen LogP contribution is 2.18. The molecule has 5 nitrogen and oxygen atoms in total. The van der Waals surface area contributed by atoms with Crippen LogP contribution in [0.3, 0.4) is 0 Å². The molecule has 0 spiro atoms. The number of rotatable bonds is 7. The number of benzene rings is 1. The van der Waals surface area contributed by atoms with E-state index < -0.39 is 0 Å². The van der Waals surface area contributed by atoms with Crippen molar-refractivity contribution in [2.24, 2.45) is 0 Å². The third-order valence-electron chi connectivity index (χ3n) is 3.68. The maximum atomic E-state index is 12.2. The minimum Gasteiger partial charge on any atom is -0.383 e. The Kier molecular flexibility index (Phi) is 5.05. The fraction of sp³-hybridized carbons (Fsp3) is 0.294. The molecule has 1 amide bonds. The first-order valence-corrected chi connectivity index (χ1v) is 8.40. The second-order valence-electron chi connectivity index (χ2n) is 5.21. The van der Waals surface area contributed by atoms with E-state index in [0.717, 1.165) is 28.9 Å². The first kappa shape index (κ1) is 15.7. The van der Waals surface area contributed by atoms with Crippen molar-refractivity contribution >= 4 is 28.1 Å². The Morgan fingerprint density at radius 2 is 2.30 bits per heavy atom. The van der Waals surface area contributed by atoms with Crippen LogP contribution in [0.15, 0.2) is 42.0 Å². The van der Waals surface area contributed by atoms with Gasteiger partial charge in [-0.25, -0.2) is 4.98 Å². The molecule has 2 aromatic heterocycles. The summed E-state index contributed by atoms with van der Waals surface area (Å²) in [7, 11) is 1.69. The number of fused-ring (bicyclic) bond motifs is 1. The summed E-state index contributed by atoms with van der Waals surface area (Å²) in [4.78, 5) is 16.4. The van der Waals surface area contributed by atoms with Gasteiger partial charge in [0.05, 0.1) is 11.6 Å². The second kappa shape index (κ2) is 7.39. The first-order valence-electron chi connectivity index (χ1n) is 7.52. The lowest BCUT2D eigenvalue weighted by atomic mass is 10.1. The number of hydrogen-bond donors (Lipinski definition) is 1. The lowest BCUT2D eigenvalue weighted by molar-refractivity contribution is 0.0954. The zero-order chi connectivity index (χ0) is 16.1. The molecular formula is C17H19N3O2S. The van der Waals surface area contributed by atoms with E-state index in [4.69, 9.17) is 4.74 Å². The summed E-state index contributed by atoms with van der Waals surface area (Å²) in [6.45, 7) is 2.07. The molecule has 3 rings (SSSR count). The van der Waals surface area contributed by atoms with Gasteiger partial charge in [-0.3, -0.25) is 4.79 Å². The van der Waals surface area contributed by atoms with Crippen molar-refractivity contribution in [2.75, 3.05) is 20.3 Å². The van der Waals surface area contributed by atoms with Gasteiger partial charge in [-0.2, -0.15) is 0 Å². The highest BCUT2D eigenvalue weighted by Gasteiger charge is 2.08. The van der Waals surface area contributed by atoms with Gasteiger partial charge in [0.25, 0.3) is 5.91 Å². The number of carbonyl (C=O) groups is 1. The van der Waals surface area contributed by atoms with Gasteiger partial charge in [-0.05, 0) is 24.3 Å². The predicted octanol–water partition coefficient (Wildman–Crippen LogP) is 2.72. The van der Waals surface area contributed by atoms with E-state index >= 15 is 0 Å². The van der Waals surface area contributed by atoms with Crippen molar-refractivity contribution in [3.63, 3.8) is 0 Å². The van der Waals surface area contributed by atoms with Crippen LogP contribution in [0.2, 0.25) is 0 Å². The molecule has 0 saturated heterocycles. The number of nitrogens with zero attached hydrogens (tertiary/aromatic N) is 2. The van der Waals surface area contributed by atoms with Gasteiger partial charge in [0.2, 0.25) is 0 Å². The molecule has 23 heavy (non-hydrogen) atoms. The smallest absolute Gasteiger partial charge is 0.251 e. The Hall–Kier alpha value is -2.18. The maximum Gasteiger partial charge on any atom is 0.251 e. The van der Waals surface area contributed by atoms with E-state index in [1.54, 1.807) is 24.6 Å². The lowest BCUT2D eigenvalue weighted by Gasteiger charge is -2.06. The highest BCUT2D eigenvalue weighted by molar-refractivity contribution is 7.09. The summed E-state index contributed by atoms with van der Waals surface area (Å²) in [5.41, 5.74) is 1.79. The Balaban J connectivity index is 1.64. The molecule has 2 heterocycles. The Morgan fingerprint density at radius 3 is 3.09 bits per heavy atom. The number of aromatic nitrogens is 2. The average Bonchev–Trinajstić information content (AvgIpc) is 3.21. The van der Waals surface area contributed by atoms with Gasteiger partial charge in [-0.1, -0.05) is 0 Å². The van der Waals surface area contributed by atoms with Crippen molar-refractivity contribution < 1.29 is 9.53 Å². The van der Waals surface area contributed by atoms with Gasteiger partial charge in [0.1, 0.15) is 0 Å². The average molecular weight is 329 g/mol. The number of hydrogen-bond acceptors (Lipinski definition) is 4. The summed E-state index contributed by atoms with van der Waals surface area (Å²) in [5, 5.41) is 6.99. The minimum atomic E-state index is -0.0481. The molecule has 0 atom stereocenters. The fourth-order valence-electron chi connectivity index (χ4n) is 2.49. The molecule has 6 heteroatoms. The van der Waals surface area contributed by atoms with Gasteiger partial charge in [0.15, 0.2) is 0 Å². The molecule has 0 fully saturated rings. The number of nitrogens with one attached hydrogen (secondary N) is 1. The molecule has 0 unspecified atom stereocenters. The van der Waals surface area contributed by atoms with Crippen LogP contribution in [0, 0.1) is 0 Å². The summed E-state index contributed by atoms with van der Waals surface area (Å²) >= 11 is 1.61. The molecule has 0 saturated carbocycles. The summed E-state index contributed by atoms with van der Waals surface area (Å²) in [5.74, 6) is -0.0481. The normalized spacial score (nSPS) is 11.0. The SMILES string of the molecule is COCCn1ccc2cc(C(=O)NCCc3nccs3)ccc21. The van der Waals surface area contributed by atoms with Crippen LogP contribution in [0.25, 0.3) is 10.9 Å². The number of carbonyl (C=O) groups excluding carboxylic acids is 1. The lowest BCUT2D eigenvalue weighted by Crippen LogP contribution is -2.25. The molecule has 3 aromatic rings. The predicted molar refractivity (Wildman–Crippen MR) is 92.0 cm³/mol. The maximum absolute atomic E-state index is 12.2. The van der Waals surface area contributed by atoms with E-state index in [1.807, 2.05) is 35.8 Å². The van der Waals surface area contributed by atoms with Crippen LogP contribution in [-0.2, 0) is 17.7 Å². The molecule has 0 aliphatic carbocycles. The van der Waals surface area contributed by atoms with Gasteiger partial charge < -0.3 is 14.6 Å². The molecule has 0 radical (unpaired) electrons. The molecule has 0 aliphatic rings. The zero-order valence-corrected chi connectivity index (χ0v) is 13.8. The second-order valence-corrected chi connectivity index (χ2v) is 6.19. The highest BCUT2D eigenvalue weighted by atomic mass is 32.1. The topological polar surface area (TPSA) is 56.1 Å². The van der Waals surface area contributed by atoms with Crippen LogP contribution in [0.1, 0.15) is 15.4 Å². The number of ether oxygens (including phenoxy) is 1. The van der Waals surface area contributed by atoms with Crippen molar-refractivity contribution in [1.29, 1.82) is 0 Å². The van der Waals surface area contributed by atoms with E-state index in [-0.39, 0.29) is 5.91 Å². The Labute approximate surface area is 138 Å². The third kappa shape index (κ3) is 3.78. The molecular weight excluding hydrogens is 310 g/mol. The molecule has 120 valence electrons. The van der Waals surface area contributed by atoms with Crippen molar-refractivity contribution in [3.05, 3.63) is 52.6 Å². The molecule has 0 aliphatic heterocycles. The van der Waals surface area contributed by atoms with Crippen LogP contribution >= 0.6 is 11.3 Å². The molecule has 0 bridgehead atoms. The van der Waals surface area contributed by atoms with Crippen LogP contribution in [0.4, 0.5) is 0 Å². The van der Waals surface area contributed by atoms with Crippen LogP contribution in [-0.4, -0.2) is 35.7 Å². The van der Waals surface area contributed by atoms with E-state index in [0.29, 0.717) is 18.7 Å². The Bertz CT molecular complexity index is 780. The van der Waals surface area contributed by atoms with Gasteiger partial charge in [-0.15, -0.1) is 11.3 Å². The molecule has 1 aromatic carbocycles. The summed E-state index contributed by atoms with van der Waals surface area (Å²) in [6.07, 6.45) is 4.57.